The van der Waals surface area contributed by atoms with E-state index in [4.69, 9.17) is 5.14 Å². The molecular weight excluding hydrogens is 370 g/mol. The molecule has 0 amide bonds. The Labute approximate surface area is 148 Å². The number of aromatic nitrogens is 1. The molecule has 1 aromatic heterocycles. The summed E-state index contributed by atoms with van der Waals surface area (Å²) in [4.78, 5) is 8.20. The van der Waals surface area contributed by atoms with E-state index >= 15 is 0 Å². The van der Waals surface area contributed by atoms with Gasteiger partial charge < -0.3 is 4.90 Å². The largest absolute Gasteiger partial charge is 0.345 e. The zero-order valence-electron chi connectivity index (χ0n) is 13.5. The van der Waals surface area contributed by atoms with Crippen LogP contribution in [0.2, 0.25) is 0 Å². The maximum absolute atomic E-state index is 14.0. The second-order valence-electron chi connectivity index (χ2n) is 5.87. The molecule has 0 spiro atoms. The van der Waals surface area contributed by atoms with Crippen molar-refractivity contribution in [2.75, 3.05) is 31.1 Å². The number of sulfonamides is 1. The van der Waals surface area contributed by atoms with Gasteiger partial charge in [-0.2, -0.15) is 0 Å². The first-order chi connectivity index (χ1) is 11.8. The molecule has 1 atom stereocenters. The molecule has 1 aromatic carbocycles. The van der Waals surface area contributed by atoms with Gasteiger partial charge in [0.15, 0.2) is 9.34 Å². The van der Waals surface area contributed by atoms with Crippen LogP contribution in [0.15, 0.2) is 28.6 Å². The van der Waals surface area contributed by atoms with Crippen molar-refractivity contribution in [2.45, 2.75) is 17.2 Å². The van der Waals surface area contributed by atoms with Gasteiger partial charge in [-0.1, -0.05) is 17.4 Å². The minimum absolute atomic E-state index is 0.0340. The van der Waals surface area contributed by atoms with Gasteiger partial charge in [0.05, 0.1) is 6.20 Å². The first kappa shape index (κ1) is 18.2. The predicted octanol–water partition coefficient (Wildman–Crippen LogP) is 1.95. The summed E-state index contributed by atoms with van der Waals surface area (Å²) in [6, 6.07) is 3.45. The topological polar surface area (TPSA) is 79.5 Å². The van der Waals surface area contributed by atoms with E-state index in [9.17, 15) is 17.2 Å². The number of anilines is 1. The SMILES string of the molecule is CC(c1ccc(F)cc1F)N1CCN(c2ncc(S(N)(=O)=O)s2)CC1. The molecule has 2 heterocycles. The smallest absolute Gasteiger partial charge is 0.249 e. The van der Waals surface area contributed by atoms with Crippen LogP contribution >= 0.6 is 11.3 Å². The molecule has 1 aliphatic heterocycles. The summed E-state index contributed by atoms with van der Waals surface area (Å²) in [6.45, 7) is 4.45. The van der Waals surface area contributed by atoms with Crippen LogP contribution in [0, 0.1) is 11.6 Å². The Balaban J connectivity index is 1.66. The molecule has 1 fully saturated rings. The zero-order chi connectivity index (χ0) is 18.2. The van der Waals surface area contributed by atoms with Crippen LogP contribution in [-0.2, 0) is 10.0 Å². The van der Waals surface area contributed by atoms with Gasteiger partial charge in [0.2, 0.25) is 10.0 Å². The van der Waals surface area contributed by atoms with Crippen LogP contribution in [0.3, 0.4) is 0 Å². The van der Waals surface area contributed by atoms with Gasteiger partial charge in [-0.15, -0.1) is 0 Å². The van der Waals surface area contributed by atoms with E-state index in [1.807, 2.05) is 11.8 Å². The highest BCUT2D eigenvalue weighted by Gasteiger charge is 2.26. The van der Waals surface area contributed by atoms with Gasteiger partial charge in [-0.25, -0.2) is 27.3 Å². The maximum Gasteiger partial charge on any atom is 0.249 e. The fourth-order valence-electron chi connectivity index (χ4n) is 2.87. The second-order valence-corrected chi connectivity index (χ2v) is 8.67. The maximum atomic E-state index is 14.0. The number of hydrogen-bond acceptors (Lipinski definition) is 6. The number of piperazine rings is 1. The van der Waals surface area contributed by atoms with Crippen LogP contribution in [-0.4, -0.2) is 44.5 Å². The normalized spacial score (nSPS) is 17.7. The molecule has 1 unspecified atom stereocenters. The molecule has 6 nitrogen and oxygen atoms in total. The van der Waals surface area contributed by atoms with Gasteiger partial charge in [0, 0.05) is 43.9 Å². The average molecular weight is 388 g/mol. The Kier molecular flexibility index (Phi) is 5.05. The molecule has 2 N–H and O–H groups in total. The summed E-state index contributed by atoms with van der Waals surface area (Å²) in [6.07, 6.45) is 1.26. The third-order valence-electron chi connectivity index (χ3n) is 4.30. The highest BCUT2D eigenvalue weighted by molar-refractivity contribution is 7.91. The van der Waals surface area contributed by atoms with Gasteiger partial charge in [-0.3, -0.25) is 4.90 Å². The molecule has 3 rings (SSSR count). The van der Waals surface area contributed by atoms with Gasteiger partial charge in [0.25, 0.3) is 0 Å². The minimum atomic E-state index is -3.74. The zero-order valence-corrected chi connectivity index (χ0v) is 15.2. The highest BCUT2D eigenvalue weighted by atomic mass is 32.2. The van der Waals surface area contributed by atoms with E-state index < -0.39 is 21.7 Å². The quantitative estimate of drug-likeness (QED) is 0.866. The summed E-state index contributed by atoms with van der Waals surface area (Å²) in [7, 11) is -3.74. The number of primary sulfonamides is 1. The summed E-state index contributed by atoms with van der Waals surface area (Å²) < 4.78 is 49.7. The molecule has 136 valence electrons. The van der Waals surface area contributed by atoms with Crippen molar-refractivity contribution < 1.29 is 17.2 Å². The van der Waals surface area contributed by atoms with Crippen LogP contribution < -0.4 is 10.0 Å². The number of nitrogens with two attached hydrogens (primary N) is 1. The third kappa shape index (κ3) is 3.97. The third-order valence-corrected chi connectivity index (χ3v) is 6.76. The van der Waals surface area contributed by atoms with E-state index in [1.54, 1.807) is 0 Å². The molecule has 0 bridgehead atoms. The molecular formula is C15H18F2N4O2S2. The molecule has 10 heteroatoms. The molecule has 2 aromatic rings. The van der Waals surface area contributed by atoms with Crippen molar-refractivity contribution in [1.29, 1.82) is 0 Å². The lowest BCUT2D eigenvalue weighted by Crippen LogP contribution is -2.47. The Morgan fingerprint density at radius 3 is 2.48 bits per heavy atom. The summed E-state index contributed by atoms with van der Waals surface area (Å²) >= 11 is 1.04. The average Bonchev–Trinajstić information content (AvgIpc) is 3.05. The van der Waals surface area contributed by atoms with Crippen molar-refractivity contribution in [3.63, 3.8) is 0 Å². The highest BCUT2D eigenvalue weighted by Crippen LogP contribution is 2.29. The number of benzene rings is 1. The van der Waals surface area contributed by atoms with Crippen molar-refractivity contribution in [2.24, 2.45) is 5.14 Å². The fraction of sp³-hybridized carbons (Fsp3) is 0.400. The van der Waals surface area contributed by atoms with Crippen LogP contribution in [0.25, 0.3) is 0 Å². The summed E-state index contributed by atoms with van der Waals surface area (Å²) in [5.41, 5.74) is 0.459. The molecule has 0 saturated carbocycles. The molecule has 1 saturated heterocycles. The van der Waals surface area contributed by atoms with Crippen LogP contribution in [0.1, 0.15) is 18.5 Å². The minimum Gasteiger partial charge on any atom is -0.345 e. The van der Waals surface area contributed by atoms with Crippen molar-refractivity contribution in [1.82, 2.24) is 9.88 Å². The predicted molar refractivity (Wildman–Crippen MR) is 92.0 cm³/mol. The standard InChI is InChI=1S/C15H18F2N4O2S2/c1-10(12-3-2-11(16)8-13(12)17)20-4-6-21(7-5-20)15-19-9-14(24-15)25(18,22)23/h2-3,8-10H,4-7H2,1H3,(H2,18,22,23). The lowest BCUT2D eigenvalue weighted by molar-refractivity contribution is 0.195. The van der Waals surface area contributed by atoms with E-state index in [0.717, 1.165) is 17.4 Å². The van der Waals surface area contributed by atoms with E-state index in [1.165, 1.54) is 18.3 Å². The van der Waals surface area contributed by atoms with Gasteiger partial charge in [0.1, 0.15) is 11.6 Å². The second kappa shape index (κ2) is 6.94. The van der Waals surface area contributed by atoms with Crippen molar-refractivity contribution >= 4 is 26.5 Å². The van der Waals surface area contributed by atoms with Crippen molar-refractivity contribution in [3.8, 4) is 0 Å². The van der Waals surface area contributed by atoms with Gasteiger partial charge >= 0.3 is 0 Å². The van der Waals surface area contributed by atoms with Crippen LogP contribution in [0.5, 0.6) is 0 Å². The number of hydrogen-bond donors (Lipinski definition) is 1. The lowest BCUT2D eigenvalue weighted by atomic mass is 10.1. The van der Waals surface area contributed by atoms with E-state index in [2.05, 4.69) is 9.88 Å². The van der Waals surface area contributed by atoms with Gasteiger partial charge in [-0.05, 0) is 13.0 Å². The number of halogens is 2. The summed E-state index contributed by atoms with van der Waals surface area (Å²) in [5, 5.41) is 5.71. The Morgan fingerprint density at radius 2 is 1.92 bits per heavy atom. The number of nitrogens with zero attached hydrogens (tertiary/aromatic N) is 3. The Bertz CT molecular complexity index is 864. The lowest BCUT2D eigenvalue weighted by Gasteiger charge is -2.38. The fourth-order valence-corrected chi connectivity index (χ4v) is 4.46. The van der Waals surface area contributed by atoms with E-state index in [0.29, 0.717) is 36.9 Å². The Morgan fingerprint density at radius 1 is 1.24 bits per heavy atom. The molecule has 0 radical (unpaired) electrons. The summed E-state index contributed by atoms with van der Waals surface area (Å²) in [5.74, 6) is -1.14. The molecule has 1 aliphatic rings. The van der Waals surface area contributed by atoms with E-state index in [-0.39, 0.29) is 10.3 Å². The van der Waals surface area contributed by atoms with Crippen molar-refractivity contribution in [3.05, 3.63) is 41.6 Å². The Hall–Kier alpha value is -1.62. The van der Waals surface area contributed by atoms with Crippen LogP contribution in [0.4, 0.5) is 13.9 Å². The number of thiazole rings is 1. The molecule has 0 aliphatic carbocycles. The monoisotopic (exact) mass is 388 g/mol. The first-order valence-electron chi connectivity index (χ1n) is 7.68. The number of rotatable bonds is 4. The molecule has 25 heavy (non-hydrogen) atoms. The first-order valence-corrected chi connectivity index (χ1v) is 10.0.